The minimum Gasteiger partial charge on any atom is -0.507 e. The minimum absolute atomic E-state index is 0.000130. The van der Waals surface area contributed by atoms with Gasteiger partial charge in [-0.15, -0.1) is 0 Å². The van der Waals surface area contributed by atoms with Gasteiger partial charge in [0.05, 0.1) is 7.11 Å². The van der Waals surface area contributed by atoms with E-state index in [-0.39, 0.29) is 23.6 Å². The fourth-order valence-electron chi connectivity index (χ4n) is 5.48. The van der Waals surface area contributed by atoms with Crippen LogP contribution in [0.1, 0.15) is 36.8 Å². The van der Waals surface area contributed by atoms with Crippen molar-refractivity contribution in [2.24, 2.45) is 11.8 Å². The smallest absolute Gasteiger partial charge is 0.325 e. The van der Waals surface area contributed by atoms with Crippen LogP contribution in [-0.4, -0.2) is 59.1 Å². The lowest BCUT2D eigenvalue weighted by atomic mass is 9.73. The number of likely N-dealkylation sites (tertiary alicyclic amines) is 1. The zero-order chi connectivity index (χ0) is 24.6. The molecule has 3 fully saturated rings. The van der Waals surface area contributed by atoms with Gasteiger partial charge >= 0.3 is 6.03 Å². The van der Waals surface area contributed by atoms with Gasteiger partial charge in [0.15, 0.2) is 0 Å². The standard InChI is InChI=1S/C27H32ClN3O4/c1-35-22-9-8-20(24(32)14-22)17-30-12-10-21(11-13-30)27(15-19-4-2-3-5-23(19)28)25(33)31(26(34)29-27)16-18-6-7-18/h2-5,8-9,14,18,21,32H,6-7,10-13,15-17H2,1H3,(H,29,34)/t27-/m1/s1. The largest absolute Gasteiger partial charge is 0.507 e. The molecule has 35 heavy (non-hydrogen) atoms. The number of methoxy groups -OCH3 is 1. The number of rotatable bonds is 8. The molecule has 1 aliphatic carbocycles. The first-order chi connectivity index (χ1) is 16.9. The Morgan fingerprint density at radius 2 is 1.83 bits per heavy atom. The summed E-state index contributed by atoms with van der Waals surface area (Å²) in [5.74, 6) is 1.16. The predicted octanol–water partition coefficient (Wildman–Crippen LogP) is 4.21. The van der Waals surface area contributed by atoms with Crippen LogP contribution in [-0.2, 0) is 17.8 Å². The van der Waals surface area contributed by atoms with E-state index in [4.69, 9.17) is 16.3 Å². The molecule has 2 saturated heterocycles. The Bertz CT molecular complexity index is 1110. The lowest BCUT2D eigenvalue weighted by molar-refractivity contribution is -0.134. The molecule has 2 aliphatic heterocycles. The number of carbonyl (C=O) groups is 2. The molecule has 0 bridgehead atoms. The maximum absolute atomic E-state index is 13.8. The van der Waals surface area contributed by atoms with Gasteiger partial charge in [0.2, 0.25) is 0 Å². The van der Waals surface area contributed by atoms with Gasteiger partial charge in [-0.2, -0.15) is 0 Å². The maximum Gasteiger partial charge on any atom is 0.325 e. The summed E-state index contributed by atoms with van der Waals surface area (Å²) in [6.07, 6.45) is 4.08. The first-order valence-corrected chi connectivity index (χ1v) is 12.7. The SMILES string of the molecule is COc1ccc(CN2CCC([C@@]3(Cc4ccccc4Cl)NC(=O)N(CC4CC4)C3=O)CC2)c(O)c1. The highest BCUT2D eigenvalue weighted by Crippen LogP contribution is 2.40. The van der Waals surface area contributed by atoms with Crippen LogP contribution in [0.25, 0.3) is 0 Å². The first-order valence-electron chi connectivity index (χ1n) is 12.4. The van der Waals surface area contributed by atoms with Gasteiger partial charge in [-0.25, -0.2) is 4.79 Å². The van der Waals surface area contributed by atoms with Crippen molar-refractivity contribution in [1.29, 1.82) is 0 Å². The van der Waals surface area contributed by atoms with Crippen LogP contribution >= 0.6 is 11.6 Å². The number of urea groups is 1. The fraction of sp³-hybridized carbons (Fsp3) is 0.481. The summed E-state index contributed by atoms with van der Waals surface area (Å²) in [6.45, 7) is 2.66. The molecule has 3 aliphatic rings. The highest BCUT2D eigenvalue weighted by Gasteiger charge is 2.56. The van der Waals surface area contributed by atoms with Crippen molar-refractivity contribution in [3.63, 3.8) is 0 Å². The van der Waals surface area contributed by atoms with Gasteiger partial charge in [-0.05, 0) is 68.3 Å². The normalized spacial score (nSPS) is 23.5. The maximum atomic E-state index is 13.8. The van der Waals surface area contributed by atoms with Crippen molar-refractivity contribution >= 4 is 23.5 Å². The second kappa shape index (κ2) is 9.70. The molecule has 0 unspecified atom stereocenters. The van der Waals surface area contributed by atoms with E-state index in [1.54, 1.807) is 13.2 Å². The van der Waals surface area contributed by atoms with E-state index in [1.165, 1.54) is 4.90 Å². The van der Waals surface area contributed by atoms with Gasteiger partial charge < -0.3 is 15.2 Å². The van der Waals surface area contributed by atoms with Crippen LogP contribution in [0.2, 0.25) is 5.02 Å². The molecule has 8 heteroatoms. The summed E-state index contributed by atoms with van der Waals surface area (Å²) < 4.78 is 5.18. The Balaban J connectivity index is 1.34. The fourth-order valence-corrected chi connectivity index (χ4v) is 5.68. The predicted molar refractivity (Wildman–Crippen MR) is 134 cm³/mol. The van der Waals surface area contributed by atoms with Crippen LogP contribution < -0.4 is 10.1 Å². The van der Waals surface area contributed by atoms with Gasteiger partial charge in [0.1, 0.15) is 17.0 Å². The summed E-state index contributed by atoms with van der Waals surface area (Å²) >= 11 is 6.49. The highest BCUT2D eigenvalue weighted by molar-refractivity contribution is 6.31. The number of phenolic OH excluding ortho intramolecular Hbond substituents is 1. The molecular weight excluding hydrogens is 466 g/mol. The average Bonchev–Trinajstić information content (AvgIpc) is 3.65. The van der Waals surface area contributed by atoms with Crippen molar-refractivity contribution < 1.29 is 19.4 Å². The Hall–Kier alpha value is -2.77. The zero-order valence-electron chi connectivity index (χ0n) is 20.0. The molecule has 3 amide bonds. The average molecular weight is 498 g/mol. The number of hydrogen-bond donors (Lipinski definition) is 2. The molecule has 7 nitrogen and oxygen atoms in total. The van der Waals surface area contributed by atoms with E-state index >= 15 is 0 Å². The molecule has 2 aromatic rings. The third-order valence-corrected chi connectivity index (χ3v) is 8.11. The summed E-state index contributed by atoms with van der Waals surface area (Å²) in [4.78, 5) is 30.5. The molecule has 5 rings (SSSR count). The topological polar surface area (TPSA) is 82.1 Å². The van der Waals surface area contributed by atoms with Crippen LogP contribution in [0.5, 0.6) is 11.5 Å². The van der Waals surface area contributed by atoms with Crippen molar-refractivity contribution in [2.45, 2.75) is 44.2 Å². The molecule has 2 aromatic carbocycles. The second-order valence-electron chi connectivity index (χ2n) is 10.1. The Labute approximate surface area is 211 Å². The molecule has 0 aromatic heterocycles. The molecule has 0 spiro atoms. The summed E-state index contributed by atoms with van der Waals surface area (Å²) in [5, 5.41) is 14.1. The lowest BCUT2D eigenvalue weighted by Gasteiger charge is -2.41. The number of ether oxygens (including phenoxy) is 1. The molecule has 2 N–H and O–H groups in total. The van der Waals surface area contributed by atoms with E-state index in [1.807, 2.05) is 36.4 Å². The highest BCUT2D eigenvalue weighted by atomic mass is 35.5. The molecule has 186 valence electrons. The Kier molecular flexibility index (Phi) is 6.64. The van der Waals surface area contributed by atoms with Crippen molar-refractivity contribution in [1.82, 2.24) is 15.1 Å². The van der Waals surface area contributed by atoms with Crippen molar-refractivity contribution in [3.8, 4) is 11.5 Å². The van der Waals surface area contributed by atoms with E-state index in [0.29, 0.717) is 36.2 Å². The lowest BCUT2D eigenvalue weighted by Crippen LogP contribution is -2.57. The Morgan fingerprint density at radius 3 is 2.49 bits per heavy atom. The number of hydrogen-bond acceptors (Lipinski definition) is 5. The Morgan fingerprint density at radius 1 is 1.09 bits per heavy atom. The van der Waals surface area contributed by atoms with Crippen LogP contribution in [0.4, 0.5) is 4.79 Å². The zero-order valence-corrected chi connectivity index (χ0v) is 20.8. The molecule has 2 heterocycles. The van der Waals surface area contributed by atoms with E-state index < -0.39 is 5.54 Å². The van der Waals surface area contributed by atoms with Gasteiger partial charge in [-0.3, -0.25) is 14.6 Å². The monoisotopic (exact) mass is 497 g/mol. The van der Waals surface area contributed by atoms with Gasteiger partial charge in [0.25, 0.3) is 5.91 Å². The number of amides is 3. The minimum atomic E-state index is -0.981. The second-order valence-corrected chi connectivity index (χ2v) is 10.5. The van der Waals surface area contributed by atoms with Crippen molar-refractivity contribution in [3.05, 3.63) is 58.6 Å². The summed E-state index contributed by atoms with van der Waals surface area (Å²) in [7, 11) is 1.58. The quantitative estimate of drug-likeness (QED) is 0.534. The first kappa shape index (κ1) is 23.9. The van der Waals surface area contributed by atoms with E-state index in [0.717, 1.165) is 49.9 Å². The molecule has 1 saturated carbocycles. The van der Waals surface area contributed by atoms with Crippen LogP contribution in [0.15, 0.2) is 42.5 Å². The summed E-state index contributed by atoms with van der Waals surface area (Å²) in [5.41, 5.74) is 0.739. The number of halogens is 1. The molecule has 0 radical (unpaired) electrons. The molecule has 1 atom stereocenters. The van der Waals surface area contributed by atoms with Crippen molar-refractivity contribution in [2.75, 3.05) is 26.7 Å². The number of piperidine rings is 1. The summed E-state index contributed by atoms with van der Waals surface area (Å²) in [6, 6.07) is 12.6. The number of carbonyl (C=O) groups excluding carboxylic acids is 2. The van der Waals surface area contributed by atoms with Gasteiger partial charge in [-0.1, -0.05) is 35.9 Å². The molecular formula is C27H32ClN3O4. The number of aromatic hydroxyl groups is 1. The number of imide groups is 1. The third kappa shape index (κ3) is 4.84. The van der Waals surface area contributed by atoms with E-state index in [9.17, 15) is 14.7 Å². The van der Waals surface area contributed by atoms with Crippen LogP contribution in [0.3, 0.4) is 0 Å². The number of phenols is 1. The third-order valence-electron chi connectivity index (χ3n) is 7.74. The number of nitrogens with one attached hydrogen (secondary N) is 1. The van der Waals surface area contributed by atoms with Crippen LogP contribution in [0, 0.1) is 11.8 Å². The number of nitrogens with zero attached hydrogens (tertiary/aromatic N) is 2. The van der Waals surface area contributed by atoms with E-state index in [2.05, 4.69) is 10.2 Å². The number of benzene rings is 2. The van der Waals surface area contributed by atoms with Gasteiger partial charge in [0, 0.05) is 36.2 Å².